The van der Waals surface area contributed by atoms with E-state index in [9.17, 15) is 4.79 Å². The number of carbonyl (C=O) groups is 1. The SMILES string of the molecule is CC(=O)/C=C1\Sc2ccc(N(C)C)cc2N1Cc1cccc(Cl)c1. The minimum atomic E-state index is 0.0502. The summed E-state index contributed by atoms with van der Waals surface area (Å²) in [6, 6.07) is 14.2. The molecule has 0 amide bonds. The second kappa shape index (κ2) is 6.91. The molecule has 2 aromatic rings. The molecule has 0 N–H and O–H groups in total. The predicted molar refractivity (Wildman–Crippen MR) is 103 cm³/mol. The molecule has 0 saturated carbocycles. The van der Waals surface area contributed by atoms with Crippen molar-refractivity contribution in [2.24, 2.45) is 0 Å². The van der Waals surface area contributed by atoms with Crippen LogP contribution in [0.25, 0.3) is 0 Å². The number of hydrogen-bond acceptors (Lipinski definition) is 4. The van der Waals surface area contributed by atoms with Crippen molar-refractivity contribution in [2.45, 2.75) is 18.4 Å². The highest BCUT2D eigenvalue weighted by Crippen LogP contribution is 2.48. The van der Waals surface area contributed by atoms with Gasteiger partial charge in [0.2, 0.25) is 0 Å². The topological polar surface area (TPSA) is 23.6 Å². The summed E-state index contributed by atoms with van der Waals surface area (Å²) in [4.78, 5) is 17.1. The second-order valence-electron chi connectivity index (χ2n) is 5.96. The van der Waals surface area contributed by atoms with E-state index in [0.717, 1.165) is 31.9 Å². The molecule has 0 fully saturated rings. The van der Waals surface area contributed by atoms with Crippen LogP contribution in [0.4, 0.5) is 11.4 Å². The third-order valence-corrected chi connectivity index (χ3v) is 5.13. The van der Waals surface area contributed by atoms with Crippen LogP contribution in [0.1, 0.15) is 12.5 Å². The van der Waals surface area contributed by atoms with Crippen LogP contribution in [-0.2, 0) is 11.3 Å². The molecule has 0 aliphatic carbocycles. The van der Waals surface area contributed by atoms with Gasteiger partial charge in [0, 0.05) is 42.3 Å². The third kappa shape index (κ3) is 3.60. The van der Waals surface area contributed by atoms with Gasteiger partial charge < -0.3 is 9.80 Å². The molecule has 0 spiro atoms. The average Bonchev–Trinajstić information content (AvgIpc) is 2.83. The van der Waals surface area contributed by atoms with E-state index in [1.54, 1.807) is 24.8 Å². The van der Waals surface area contributed by atoms with Crippen LogP contribution in [0.3, 0.4) is 0 Å². The summed E-state index contributed by atoms with van der Waals surface area (Å²) in [5, 5.41) is 1.67. The molecule has 3 nitrogen and oxygen atoms in total. The lowest BCUT2D eigenvalue weighted by molar-refractivity contribution is -0.112. The lowest BCUT2D eigenvalue weighted by Gasteiger charge is -2.22. The van der Waals surface area contributed by atoms with E-state index in [4.69, 9.17) is 11.6 Å². The van der Waals surface area contributed by atoms with E-state index in [0.29, 0.717) is 6.54 Å². The van der Waals surface area contributed by atoms with Crippen molar-refractivity contribution in [3.63, 3.8) is 0 Å². The molecule has 0 atom stereocenters. The standard InChI is InChI=1S/C19H19ClN2OS/c1-13(23)9-19-22(12-14-5-4-6-15(20)10-14)17-11-16(21(2)3)7-8-18(17)24-19/h4-11H,12H2,1-3H3/b19-9-. The van der Waals surface area contributed by atoms with E-state index >= 15 is 0 Å². The third-order valence-electron chi connectivity index (χ3n) is 3.79. The molecule has 124 valence electrons. The molecule has 1 heterocycles. The molecule has 0 bridgehead atoms. The van der Waals surface area contributed by atoms with E-state index in [1.807, 2.05) is 32.3 Å². The van der Waals surface area contributed by atoms with Gasteiger partial charge in [0.1, 0.15) is 0 Å². The molecule has 0 aromatic heterocycles. The number of hydrogen-bond donors (Lipinski definition) is 0. The number of rotatable bonds is 4. The van der Waals surface area contributed by atoms with E-state index in [1.165, 1.54) is 0 Å². The number of benzene rings is 2. The Labute approximate surface area is 151 Å². The smallest absolute Gasteiger partial charge is 0.155 e. The van der Waals surface area contributed by atoms with Crippen LogP contribution in [0.2, 0.25) is 5.02 Å². The molecule has 1 aliphatic heterocycles. The zero-order chi connectivity index (χ0) is 17.3. The zero-order valence-corrected chi connectivity index (χ0v) is 15.5. The second-order valence-corrected chi connectivity index (χ2v) is 7.46. The first-order chi connectivity index (χ1) is 11.4. The number of nitrogens with zero attached hydrogens (tertiary/aromatic N) is 2. The zero-order valence-electron chi connectivity index (χ0n) is 13.9. The maximum Gasteiger partial charge on any atom is 0.155 e. The quantitative estimate of drug-likeness (QED) is 0.721. The molecule has 5 heteroatoms. The van der Waals surface area contributed by atoms with Crippen molar-refractivity contribution >= 4 is 40.5 Å². The summed E-state index contributed by atoms with van der Waals surface area (Å²) in [6.45, 7) is 2.26. The normalized spacial score (nSPS) is 14.8. The minimum Gasteiger partial charge on any atom is -0.378 e. The van der Waals surface area contributed by atoms with Gasteiger partial charge in [-0.3, -0.25) is 4.79 Å². The number of carbonyl (C=O) groups excluding carboxylic acids is 1. The van der Waals surface area contributed by atoms with Gasteiger partial charge >= 0.3 is 0 Å². The fourth-order valence-corrected chi connectivity index (χ4v) is 3.98. The van der Waals surface area contributed by atoms with Crippen LogP contribution in [0.15, 0.2) is 58.5 Å². The van der Waals surface area contributed by atoms with Gasteiger partial charge in [-0.05, 0) is 42.8 Å². The molecule has 1 aliphatic rings. The van der Waals surface area contributed by atoms with Gasteiger partial charge in [0.15, 0.2) is 5.78 Å². The Morgan fingerprint density at radius 1 is 1.25 bits per heavy atom. The fraction of sp³-hybridized carbons (Fsp3) is 0.211. The Kier molecular flexibility index (Phi) is 4.88. The van der Waals surface area contributed by atoms with Crippen LogP contribution in [0.5, 0.6) is 0 Å². The van der Waals surface area contributed by atoms with Gasteiger partial charge in [0.05, 0.1) is 10.7 Å². The first-order valence-corrected chi connectivity index (χ1v) is 8.87. The highest BCUT2D eigenvalue weighted by Gasteiger charge is 2.26. The highest BCUT2D eigenvalue weighted by molar-refractivity contribution is 8.03. The van der Waals surface area contributed by atoms with E-state index in [2.05, 4.69) is 34.1 Å². The van der Waals surface area contributed by atoms with Crippen molar-refractivity contribution in [1.82, 2.24) is 0 Å². The van der Waals surface area contributed by atoms with Crippen molar-refractivity contribution in [2.75, 3.05) is 23.9 Å². The molecular formula is C19H19ClN2OS. The largest absolute Gasteiger partial charge is 0.378 e. The predicted octanol–water partition coefficient (Wildman–Crippen LogP) is 4.95. The average molecular weight is 359 g/mol. The summed E-state index contributed by atoms with van der Waals surface area (Å²) in [7, 11) is 4.05. The van der Waals surface area contributed by atoms with Gasteiger partial charge in [-0.15, -0.1) is 0 Å². The van der Waals surface area contributed by atoms with Gasteiger partial charge in [-0.25, -0.2) is 0 Å². The summed E-state index contributed by atoms with van der Waals surface area (Å²) in [6.07, 6.45) is 1.70. The van der Waals surface area contributed by atoms with Gasteiger partial charge in [-0.2, -0.15) is 0 Å². The van der Waals surface area contributed by atoms with Crippen molar-refractivity contribution in [3.8, 4) is 0 Å². The first-order valence-electron chi connectivity index (χ1n) is 7.67. The maximum absolute atomic E-state index is 11.6. The van der Waals surface area contributed by atoms with Gasteiger partial charge in [-0.1, -0.05) is 35.5 Å². The number of thioether (sulfide) groups is 1. The van der Waals surface area contributed by atoms with Crippen LogP contribution < -0.4 is 9.80 Å². The molecule has 24 heavy (non-hydrogen) atoms. The summed E-state index contributed by atoms with van der Waals surface area (Å²) >= 11 is 7.75. The fourth-order valence-electron chi connectivity index (χ4n) is 2.63. The van der Waals surface area contributed by atoms with E-state index in [-0.39, 0.29) is 5.78 Å². The first kappa shape index (κ1) is 16.9. The summed E-state index contributed by atoms with van der Waals surface area (Å²) in [5.74, 6) is 0.0502. The van der Waals surface area contributed by atoms with Crippen molar-refractivity contribution in [1.29, 1.82) is 0 Å². The van der Waals surface area contributed by atoms with Gasteiger partial charge in [0.25, 0.3) is 0 Å². The maximum atomic E-state index is 11.6. The van der Waals surface area contributed by atoms with Crippen molar-refractivity contribution < 1.29 is 4.79 Å². The van der Waals surface area contributed by atoms with Crippen LogP contribution in [-0.4, -0.2) is 19.9 Å². The molecule has 2 aromatic carbocycles. The Balaban J connectivity index is 2.02. The Hall–Kier alpha value is -1.91. The van der Waals surface area contributed by atoms with Crippen LogP contribution >= 0.6 is 23.4 Å². The molecular weight excluding hydrogens is 340 g/mol. The Bertz CT molecular complexity index is 817. The summed E-state index contributed by atoms with van der Waals surface area (Å²) in [5.41, 5.74) is 3.37. The molecule has 0 radical (unpaired) electrons. The van der Waals surface area contributed by atoms with Crippen LogP contribution in [0, 0.1) is 0 Å². The highest BCUT2D eigenvalue weighted by atomic mass is 35.5. The lowest BCUT2D eigenvalue weighted by Crippen LogP contribution is -2.18. The molecule has 3 rings (SSSR count). The molecule has 0 unspecified atom stereocenters. The number of ketones is 1. The Morgan fingerprint density at radius 3 is 2.71 bits per heavy atom. The molecule has 0 saturated heterocycles. The number of halogens is 1. The Morgan fingerprint density at radius 2 is 2.04 bits per heavy atom. The number of anilines is 2. The number of allylic oxidation sites excluding steroid dienone is 1. The van der Waals surface area contributed by atoms with Crippen molar-refractivity contribution in [3.05, 3.63) is 64.2 Å². The monoisotopic (exact) mass is 358 g/mol. The lowest BCUT2D eigenvalue weighted by atomic mass is 10.2. The minimum absolute atomic E-state index is 0.0502. The number of fused-ring (bicyclic) bond motifs is 1. The summed E-state index contributed by atoms with van der Waals surface area (Å²) < 4.78 is 0. The van der Waals surface area contributed by atoms with E-state index < -0.39 is 0 Å².